The van der Waals surface area contributed by atoms with E-state index in [0.29, 0.717) is 22.7 Å². The number of nitrogens with zero attached hydrogens (tertiary/aromatic N) is 1. The minimum Gasteiger partial charge on any atom is -0.465 e. The number of aliphatic hydroxyl groups excluding tert-OH is 1. The highest BCUT2D eigenvalue weighted by Crippen LogP contribution is 2.34. The van der Waals surface area contributed by atoms with Crippen LogP contribution < -0.4 is 5.32 Å². The van der Waals surface area contributed by atoms with Crippen LogP contribution in [-0.2, 0) is 4.74 Å². The molecule has 1 aliphatic heterocycles. The summed E-state index contributed by atoms with van der Waals surface area (Å²) in [7, 11) is 1.35. The van der Waals surface area contributed by atoms with Gasteiger partial charge in [0.05, 0.1) is 18.4 Å². The molecule has 1 fully saturated rings. The van der Waals surface area contributed by atoms with Gasteiger partial charge in [-0.2, -0.15) is 0 Å². The average molecular weight is 415 g/mol. The van der Waals surface area contributed by atoms with Crippen LogP contribution in [0.1, 0.15) is 36.5 Å². The van der Waals surface area contributed by atoms with Gasteiger partial charge in [-0.1, -0.05) is 42.0 Å². The van der Waals surface area contributed by atoms with Gasteiger partial charge >= 0.3 is 5.97 Å². The SMILES string of the molecule is C/C=C\C=C/CC(O)N1CCC2=CC(Nc3ccc(Cl)cc3C(=O)OC)=CCC21. The molecule has 1 aliphatic carbocycles. The second-order valence-corrected chi connectivity index (χ2v) is 7.53. The quantitative estimate of drug-likeness (QED) is 0.501. The zero-order valence-electron chi connectivity index (χ0n) is 16.8. The lowest BCUT2D eigenvalue weighted by molar-refractivity contribution is 0.00224. The van der Waals surface area contributed by atoms with Crippen molar-refractivity contribution in [3.8, 4) is 0 Å². The summed E-state index contributed by atoms with van der Waals surface area (Å²) in [5.74, 6) is -0.432. The number of halogens is 1. The number of rotatable bonds is 7. The number of methoxy groups -OCH3 is 1. The highest BCUT2D eigenvalue weighted by Gasteiger charge is 2.33. The van der Waals surface area contributed by atoms with Crippen LogP contribution in [0.4, 0.5) is 5.69 Å². The minimum atomic E-state index is -0.488. The lowest BCUT2D eigenvalue weighted by atomic mass is 9.97. The Morgan fingerprint density at radius 3 is 3.03 bits per heavy atom. The van der Waals surface area contributed by atoms with E-state index in [4.69, 9.17) is 16.3 Å². The lowest BCUT2D eigenvalue weighted by Gasteiger charge is -2.30. The minimum absolute atomic E-state index is 0.218. The molecule has 1 aromatic carbocycles. The fraction of sp³-hybridized carbons (Fsp3) is 0.348. The van der Waals surface area contributed by atoms with Gasteiger partial charge in [0.2, 0.25) is 0 Å². The molecular formula is C23H27ClN2O3. The second kappa shape index (κ2) is 9.92. The van der Waals surface area contributed by atoms with E-state index in [1.807, 2.05) is 31.2 Å². The summed E-state index contributed by atoms with van der Waals surface area (Å²) in [5, 5.41) is 14.4. The first-order valence-electron chi connectivity index (χ1n) is 9.80. The molecule has 1 aromatic rings. The van der Waals surface area contributed by atoms with Gasteiger partial charge in [0.1, 0.15) is 6.23 Å². The van der Waals surface area contributed by atoms with E-state index in [1.54, 1.807) is 18.2 Å². The largest absolute Gasteiger partial charge is 0.465 e. The number of ether oxygens (including phenoxy) is 1. The summed E-state index contributed by atoms with van der Waals surface area (Å²) in [6.45, 7) is 2.81. The Kier molecular flexibility index (Phi) is 7.31. The fourth-order valence-corrected chi connectivity index (χ4v) is 3.95. The van der Waals surface area contributed by atoms with E-state index in [-0.39, 0.29) is 6.04 Å². The van der Waals surface area contributed by atoms with Gasteiger partial charge in [0, 0.05) is 29.7 Å². The van der Waals surface area contributed by atoms with E-state index in [2.05, 4.69) is 22.4 Å². The third-order valence-electron chi connectivity index (χ3n) is 5.22. The second-order valence-electron chi connectivity index (χ2n) is 7.09. The molecule has 1 saturated heterocycles. The number of carbonyl (C=O) groups is 1. The molecule has 0 spiro atoms. The van der Waals surface area contributed by atoms with Crippen LogP contribution in [-0.4, -0.2) is 41.9 Å². The molecule has 3 rings (SSSR count). The number of aliphatic hydroxyl groups is 1. The number of esters is 1. The first-order valence-corrected chi connectivity index (χ1v) is 10.2. The maximum atomic E-state index is 12.1. The van der Waals surface area contributed by atoms with Crippen molar-refractivity contribution >= 4 is 23.3 Å². The predicted molar refractivity (Wildman–Crippen MR) is 117 cm³/mol. The van der Waals surface area contributed by atoms with Crippen molar-refractivity contribution in [1.29, 1.82) is 0 Å². The number of anilines is 1. The first kappa shape index (κ1) is 21.4. The Morgan fingerprint density at radius 2 is 2.28 bits per heavy atom. The van der Waals surface area contributed by atoms with Crippen LogP contribution in [0.15, 0.2) is 65.9 Å². The van der Waals surface area contributed by atoms with E-state index < -0.39 is 12.2 Å². The van der Waals surface area contributed by atoms with Gasteiger partial charge in [-0.25, -0.2) is 4.79 Å². The molecule has 5 nitrogen and oxygen atoms in total. The van der Waals surface area contributed by atoms with Gasteiger partial charge in [-0.05, 0) is 49.6 Å². The molecule has 2 aliphatic rings. The Morgan fingerprint density at radius 1 is 1.45 bits per heavy atom. The number of likely N-dealkylation sites (tertiary alicyclic amines) is 1. The molecule has 6 heteroatoms. The van der Waals surface area contributed by atoms with Crippen molar-refractivity contribution < 1.29 is 14.6 Å². The smallest absolute Gasteiger partial charge is 0.340 e. The van der Waals surface area contributed by atoms with Crippen molar-refractivity contribution in [3.05, 3.63) is 76.5 Å². The molecule has 0 aromatic heterocycles. The Hall–Kier alpha value is -2.34. The van der Waals surface area contributed by atoms with Crippen molar-refractivity contribution in [1.82, 2.24) is 4.90 Å². The number of nitrogens with one attached hydrogen (secondary N) is 1. The standard InChI is InChI=1S/C23H27ClN2O3/c1-3-4-5-6-7-22(27)26-13-12-16-14-18(9-11-21(16)26)25-20-10-8-17(24)15-19(20)23(28)29-2/h3-6,8-10,14-15,21-22,25,27H,7,11-13H2,1-2H3/b4-3-,6-5-. The van der Waals surface area contributed by atoms with Crippen LogP contribution >= 0.6 is 11.6 Å². The Bertz CT molecular complexity index is 873. The highest BCUT2D eigenvalue weighted by atomic mass is 35.5. The maximum absolute atomic E-state index is 12.1. The third kappa shape index (κ3) is 5.18. The van der Waals surface area contributed by atoms with E-state index in [9.17, 15) is 9.90 Å². The molecular weight excluding hydrogens is 388 g/mol. The summed E-state index contributed by atoms with van der Waals surface area (Å²) in [4.78, 5) is 14.2. The molecule has 0 radical (unpaired) electrons. The predicted octanol–water partition coefficient (Wildman–Crippen LogP) is 4.67. The third-order valence-corrected chi connectivity index (χ3v) is 5.46. The van der Waals surface area contributed by atoms with Crippen molar-refractivity contribution in [3.63, 3.8) is 0 Å². The molecule has 0 saturated carbocycles. The van der Waals surface area contributed by atoms with Gasteiger partial charge in [0.15, 0.2) is 0 Å². The monoisotopic (exact) mass is 414 g/mol. The summed E-state index contributed by atoms with van der Waals surface area (Å²) in [6.07, 6.45) is 13.9. The van der Waals surface area contributed by atoms with Crippen molar-refractivity contribution in [2.45, 2.75) is 38.5 Å². The van der Waals surface area contributed by atoms with Crippen LogP contribution in [0.5, 0.6) is 0 Å². The summed E-state index contributed by atoms with van der Waals surface area (Å²) < 4.78 is 4.86. The highest BCUT2D eigenvalue weighted by molar-refractivity contribution is 6.31. The van der Waals surface area contributed by atoms with E-state index >= 15 is 0 Å². The summed E-state index contributed by atoms with van der Waals surface area (Å²) in [5.41, 5.74) is 3.29. The number of hydrogen-bond donors (Lipinski definition) is 2. The normalized spacial score (nSPS) is 20.5. The fourth-order valence-electron chi connectivity index (χ4n) is 3.78. The van der Waals surface area contributed by atoms with Gasteiger partial charge < -0.3 is 15.2 Å². The van der Waals surface area contributed by atoms with Crippen LogP contribution in [0.2, 0.25) is 5.02 Å². The van der Waals surface area contributed by atoms with Gasteiger partial charge in [0.25, 0.3) is 0 Å². The molecule has 0 amide bonds. The molecule has 1 heterocycles. The lowest BCUT2D eigenvalue weighted by Crippen LogP contribution is -2.39. The molecule has 2 N–H and O–H groups in total. The maximum Gasteiger partial charge on any atom is 0.340 e. The van der Waals surface area contributed by atoms with Gasteiger partial charge in [-0.15, -0.1) is 0 Å². The van der Waals surface area contributed by atoms with E-state index in [0.717, 1.165) is 25.1 Å². The van der Waals surface area contributed by atoms with Crippen LogP contribution in [0.3, 0.4) is 0 Å². The molecule has 154 valence electrons. The van der Waals surface area contributed by atoms with Crippen molar-refractivity contribution in [2.24, 2.45) is 0 Å². The number of carbonyl (C=O) groups excluding carboxylic acids is 1. The molecule has 2 atom stereocenters. The van der Waals surface area contributed by atoms with Crippen LogP contribution in [0, 0.1) is 0 Å². The first-order chi connectivity index (χ1) is 14.0. The molecule has 0 bridgehead atoms. The van der Waals surface area contributed by atoms with Crippen molar-refractivity contribution in [2.75, 3.05) is 19.0 Å². The zero-order chi connectivity index (χ0) is 20.8. The Labute approximate surface area is 177 Å². The Balaban J connectivity index is 1.68. The topological polar surface area (TPSA) is 61.8 Å². The van der Waals surface area contributed by atoms with E-state index in [1.165, 1.54) is 12.7 Å². The zero-order valence-corrected chi connectivity index (χ0v) is 17.5. The summed E-state index contributed by atoms with van der Waals surface area (Å²) in [6, 6.07) is 5.34. The number of benzene rings is 1. The number of allylic oxidation sites excluding steroid dienone is 4. The molecule has 2 unspecified atom stereocenters. The number of fused-ring (bicyclic) bond motifs is 1. The average Bonchev–Trinajstić information content (AvgIpc) is 3.15. The van der Waals surface area contributed by atoms with Crippen LogP contribution in [0.25, 0.3) is 0 Å². The van der Waals surface area contributed by atoms with Gasteiger partial charge in [-0.3, -0.25) is 4.90 Å². The number of hydrogen-bond acceptors (Lipinski definition) is 5. The molecule has 29 heavy (non-hydrogen) atoms. The summed E-state index contributed by atoms with van der Waals surface area (Å²) >= 11 is 6.03.